The van der Waals surface area contributed by atoms with Gasteiger partial charge in [-0.25, -0.2) is 0 Å². The highest BCUT2D eigenvalue weighted by molar-refractivity contribution is 7.99. The molecule has 5 nitrogen and oxygen atoms in total. The number of rotatable bonds is 6. The van der Waals surface area contributed by atoms with Crippen LogP contribution in [0.15, 0.2) is 5.16 Å². The first kappa shape index (κ1) is 13.8. The summed E-state index contributed by atoms with van der Waals surface area (Å²) in [6.07, 6.45) is 4.11. The number of piperidine rings is 1. The minimum absolute atomic E-state index is 0.637. The Balaban J connectivity index is 1.78. The van der Waals surface area contributed by atoms with Gasteiger partial charge in [-0.15, -0.1) is 10.2 Å². The molecule has 1 aliphatic heterocycles. The lowest BCUT2D eigenvalue weighted by atomic mass is 10.1. The molecule has 0 radical (unpaired) electrons. The molecule has 2 rings (SSSR count). The van der Waals surface area contributed by atoms with Crippen LogP contribution in [0.5, 0.6) is 0 Å². The van der Waals surface area contributed by atoms with Gasteiger partial charge in [-0.3, -0.25) is 0 Å². The van der Waals surface area contributed by atoms with Crippen molar-refractivity contribution in [3.05, 3.63) is 5.82 Å². The van der Waals surface area contributed by atoms with E-state index in [0.29, 0.717) is 6.54 Å². The molecule has 1 saturated heterocycles. The van der Waals surface area contributed by atoms with E-state index in [4.69, 9.17) is 5.73 Å². The third-order valence-electron chi connectivity index (χ3n) is 3.34. The van der Waals surface area contributed by atoms with Crippen LogP contribution in [0.3, 0.4) is 0 Å². The van der Waals surface area contributed by atoms with Crippen LogP contribution in [-0.2, 0) is 6.54 Å². The zero-order valence-corrected chi connectivity index (χ0v) is 12.0. The van der Waals surface area contributed by atoms with Crippen molar-refractivity contribution in [1.82, 2.24) is 19.7 Å². The molecule has 0 saturated carbocycles. The van der Waals surface area contributed by atoms with Gasteiger partial charge >= 0.3 is 0 Å². The van der Waals surface area contributed by atoms with Gasteiger partial charge in [-0.2, -0.15) is 0 Å². The van der Waals surface area contributed by atoms with Crippen LogP contribution in [0.25, 0.3) is 0 Å². The molecule has 1 fully saturated rings. The number of aromatic nitrogens is 3. The SMILES string of the molecule is Cc1nnc(SCCN2CCCCC2)n1CCN. The Morgan fingerprint density at radius 2 is 1.94 bits per heavy atom. The number of hydrogen-bond donors (Lipinski definition) is 1. The molecule has 0 aromatic carbocycles. The normalized spacial score (nSPS) is 17.2. The summed E-state index contributed by atoms with van der Waals surface area (Å²) < 4.78 is 2.11. The predicted octanol–water partition coefficient (Wildman–Crippen LogP) is 1.12. The van der Waals surface area contributed by atoms with Gasteiger partial charge in [-0.05, 0) is 32.9 Å². The van der Waals surface area contributed by atoms with E-state index in [-0.39, 0.29) is 0 Å². The molecule has 102 valence electrons. The molecule has 6 heteroatoms. The van der Waals surface area contributed by atoms with E-state index in [9.17, 15) is 0 Å². The lowest BCUT2D eigenvalue weighted by molar-refractivity contribution is 0.242. The summed E-state index contributed by atoms with van der Waals surface area (Å²) >= 11 is 1.79. The van der Waals surface area contributed by atoms with Crippen molar-refractivity contribution < 1.29 is 0 Å². The van der Waals surface area contributed by atoms with Crippen molar-refractivity contribution in [1.29, 1.82) is 0 Å². The minimum Gasteiger partial charge on any atom is -0.329 e. The molecular formula is C12H23N5S. The average Bonchev–Trinajstić information content (AvgIpc) is 2.73. The second-order valence-electron chi connectivity index (χ2n) is 4.72. The first-order valence-electron chi connectivity index (χ1n) is 6.76. The van der Waals surface area contributed by atoms with Crippen molar-refractivity contribution in [2.45, 2.75) is 37.9 Å². The van der Waals surface area contributed by atoms with E-state index in [0.717, 1.165) is 29.8 Å². The molecule has 0 bridgehead atoms. The fourth-order valence-electron chi connectivity index (χ4n) is 2.30. The number of nitrogens with two attached hydrogens (primary N) is 1. The van der Waals surface area contributed by atoms with Crippen molar-refractivity contribution >= 4 is 11.8 Å². The molecule has 0 atom stereocenters. The average molecular weight is 269 g/mol. The van der Waals surface area contributed by atoms with Crippen molar-refractivity contribution in [2.24, 2.45) is 5.73 Å². The van der Waals surface area contributed by atoms with Gasteiger partial charge in [-0.1, -0.05) is 18.2 Å². The molecule has 2 heterocycles. The highest BCUT2D eigenvalue weighted by atomic mass is 32.2. The highest BCUT2D eigenvalue weighted by Gasteiger charge is 2.12. The third kappa shape index (κ3) is 3.70. The second-order valence-corrected chi connectivity index (χ2v) is 5.78. The Hall–Kier alpha value is -0.590. The second kappa shape index (κ2) is 7.11. The molecule has 1 aromatic heterocycles. The van der Waals surface area contributed by atoms with Crippen LogP contribution in [-0.4, -0.2) is 51.6 Å². The van der Waals surface area contributed by atoms with Crippen LogP contribution in [0.1, 0.15) is 25.1 Å². The van der Waals surface area contributed by atoms with Crippen molar-refractivity contribution in [2.75, 3.05) is 31.9 Å². The molecule has 1 aliphatic rings. The smallest absolute Gasteiger partial charge is 0.191 e. The largest absolute Gasteiger partial charge is 0.329 e. The Bertz CT molecular complexity index is 359. The van der Waals surface area contributed by atoms with E-state index in [1.54, 1.807) is 11.8 Å². The maximum Gasteiger partial charge on any atom is 0.191 e. The molecular weight excluding hydrogens is 246 g/mol. The van der Waals surface area contributed by atoms with Crippen molar-refractivity contribution in [3.8, 4) is 0 Å². The van der Waals surface area contributed by atoms with Crippen LogP contribution in [0.4, 0.5) is 0 Å². The summed E-state index contributed by atoms with van der Waals surface area (Å²) in [5, 5.41) is 9.35. The Morgan fingerprint density at radius 3 is 2.67 bits per heavy atom. The quantitative estimate of drug-likeness (QED) is 0.784. The van der Waals surface area contributed by atoms with Crippen LogP contribution >= 0.6 is 11.8 Å². The van der Waals surface area contributed by atoms with Gasteiger partial charge in [0.2, 0.25) is 0 Å². The first-order chi connectivity index (χ1) is 8.81. The van der Waals surface area contributed by atoms with Gasteiger partial charge < -0.3 is 15.2 Å². The first-order valence-corrected chi connectivity index (χ1v) is 7.75. The van der Waals surface area contributed by atoms with Crippen molar-refractivity contribution in [3.63, 3.8) is 0 Å². The minimum atomic E-state index is 0.637. The van der Waals surface area contributed by atoms with Gasteiger partial charge in [0.15, 0.2) is 5.16 Å². The number of hydrogen-bond acceptors (Lipinski definition) is 5. The molecule has 1 aromatic rings. The number of thioether (sulfide) groups is 1. The Kier molecular flexibility index (Phi) is 5.46. The third-order valence-corrected chi connectivity index (χ3v) is 4.29. The Morgan fingerprint density at radius 1 is 1.17 bits per heavy atom. The summed E-state index contributed by atoms with van der Waals surface area (Å²) in [5.41, 5.74) is 5.61. The van der Waals surface area contributed by atoms with E-state index in [2.05, 4.69) is 19.7 Å². The van der Waals surface area contributed by atoms with Gasteiger partial charge in [0.25, 0.3) is 0 Å². The van der Waals surface area contributed by atoms with E-state index < -0.39 is 0 Å². The van der Waals surface area contributed by atoms with Gasteiger partial charge in [0.1, 0.15) is 5.82 Å². The van der Waals surface area contributed by atoms with Crippen LogP contribution in [0.2, 0.25) is 0 Å². The molecule has 0 spiro atoms. The van der Waals surface area contributed by atoms with Gasteiger partial charge in [0.05, 0.1) is 0 Å². The van der Waals surface area contributed by atoms with E-state index in [1.807, 2.05) is 6.92 Å². The molecule has 0 aliphatic carbocycles. The Labute approximate surface area is 113 Å². The van der Waals surface area contributed by atoms with Gasteiger partial charge in [0, 0.05) is 25.4 Å². The predicted molar refractivity (Wildman–Crippen MR) is 74.8 cm³/mol. The summed E-state index contributed by atoms with van der Waals surface area (Å²) in [6, 6.07) is 0. The lowest BCUT2D eigenvalue weighted by Crippen LogP contribution is -2.31. The number of nitrogens with zero attached hydrogens (tertiary/aromatic N) is 4. The summed E-state index contributed by atoms with van der Waals surface area (Å²) in [6.45, 7) is 7.10. The maximum absolute atomic E-state index is 5.61. The lowest BCUT2D eigenvalue weighted by Gasteiger charge is -2.25. The van der Waals surface area contributed by atoms with Crippen LogP contribution < -0.4 is 5.73 Å². The standard InChI is InChI=1S/C12H23N5S/c1-11-14-15-12(17(11)8-5-13)18-10-9-16-6-3-2-4-7-16/h2-10,13H2,1H3. The molecule has 18 heavy (non-hydrogen) atoms. The van der Waals surface area contributed by atoms with E-state index >= 15 is 0 Å². The molecule has 0 unspecified atom stereocenters. The fourth-order valence-corrected chi connectivity index (χ4v) is 3.31. The fraction of sp³-hybridized carbons (Fsp3) is 0.833. The number of aryl methyl sites for hydroxylation is 1. The zero-order valence-electron chi connectivity index (χ0n) is 11.1. The highest BCUT2D eigenvalue weighted by Crippen LogP contribution is 2.17. The topological polar surface area (TPSA) is 60.0 Å². The summed E-state index contributed by atoms with van der Waals surface area (Å²) in [7, 11) is 0. The zero-order chi connectivity index (χ0) is 12.8. The summed E-state index contributed by atoms with van der Waals surface area (Å²) in [5.74, 6) is 2.05. The monoisotopic (exact) mass is 269 g/mol. The molecule has 2 N–H and O–H groups in total. The maximum atomic E-state index is 5.61. The van der Waals surface area contributed by atoms with Crippen LogP contribution in [0, 0.1) is 6.92 Å². The number of likely N-dealkylation sites (tertiary alicyclic amines) is 1. The molecule has 0 amide bonds. The summed E-state index contributed by atoms with van der Waals surface area (Å²) in [4.78, 5) is 2.55. The van der Waals surface area contributed by atoms with E-state index in [1.165, 1.54) is 32.4 Å².